The molecule has 0 unspecified atom stereocenters. The van der Waals surface area contributed by atoms with Crippen LogP contribution in [0.2, 0.25) is 0 Å². The minimum absolute atomic E-state index is 0.0373. The monoisotopic (exact) mass is 281 g/mol. The maximum atomic E-state index is 11.7. The minimum atomic E-state index is -0.521. The van der Waals surface area contributed by atoms with Gasteiger partial charge in [0, 0.05) is 5.54 Å². The first kappa shape index (κ1) is 15.7. The van der Waals surface area contributed by atoms with Crippen molar-refractivity contribution in [3.8, 4) is 5.75 Å². The maximum Gasteiger partial charge on any atom is 0.296 e. The van der Waals surface area contributed by atoms with E-state index in [9.17, 15) is 14.9 Å². The molecule has 0 aliphatic rings. The number of nitro groups is 1. The molecule has 0 aliphatic heterocycles. The van der Waals surface area contributed by atoms with Crippen LogP contribution in [0.4, 0.5) is 11.4 Å². The summed E-state index contributed by atoms with van der Waals surface area (Å²) in [5, 5.41) is 16.5. The van der Waals surface area contributed by atoms with Crippen LogP contribution < -0.4 is 15.4 Å². The van der Waals surface area contributed by atoms with Gasteiger partial charge in [0.2, 0.25) is 5.91 Å². The largest absolute Gasteiger partial charge is 0.496 e. The minimum Gasteiger partial charge on any atom is -0.496 e. The summed E-state index contributed by atoms with van der Waals surface area (Å²) < 4.78 is 4.94. The molecule has 0 bridgehead atoms. The molecule has 0 spiro atoms. The molecule has 7 nitrogen and oxygen atoms in total. The Morgan fingerprint density at radius 3 is 2.55 bits per heavy atom. The van der Waals surface area contributed by atoms with E-state index in [1.165, 1.54) is 19.2 Å². The Hall–Kier alpha value is -2.31. The van der Waals surface area contributed by atoms with Gasteiger partial charge in [0.25, 0.3) is 5.69 Å². The van der Waals surface area contributed by atoms with Gasteiger partial charge in [-0.15, -0.1) is 0 Å². The molecular formula is C13H19N3O4. The number of amides is 1. The molecule has 1 aromatic rings. The van der Waals surface area contributed by atoms with Gasteiger partial charge in [0.05, 0.1) is 24.6 Å². The van der Waals surface area contributed by atoms with Crippen LogP contribution in [0, 0.1) is 10.1 Å². The molecule has 110 valence electrons. The van der Waals surface area contributed by atoms with Crippen molar-refractivity contribution < 1.29 is 14.5 Å². The van der Waals surface area contributed by atoms with E-state index in [0.29, 0.717) is 5.75 Å². The third-order valence-corrected chi connectivity index (χ3v) is 2.36. The van der Waals surface area contributed by atoms with Gasteiger partial charge in [0.15, 0.2) is 0 Å². The average molecular weight is 281 g/mol. The Morgan fingerprint density at radius 1 is 1.40 bits per heavy atom. The normalized spacial score (nSPS) is 10.8. The highest BCUT2D eigenvalue weighted by Gasteiger charge is 2.17. The number of nitrogens with zero attached hydrogens (tertiary/aromatic N) is 1. The van der Waals surface area contributed by atoms with Gasteiger partial charge in [-0.25, -0.2) is 0 Å². The molecule has 0 atom stereocenters. The number of rotatable bonds is 5. The van der Waals surface area contributed by atoms with Gasteiger partial charge in [-0.05, 0) is 32.9 Å². The molecule has 0 saturated carbocycles. The molecule has 0 radical (unpaired) electrons. The Labute approximate surface area is 117 Å². The Balaban J connectivity index is 2.77. The van der Waals surface area contributed by atoms with Crippen LogP contribution in [0.1, 0.15) is 20.8 Å². The Bertz CT molecular complexity index is 509. The van der Waals surface area contributed by atoms with E-state index >= 15 is 0 Å². The molecule has 2 N–H and O–H groups in total. The number of hydrogen-bond acceptors (Lipinski definition) is 5. The fourth-order valence-electron chi connectivity index (χ4n) is 1.58. The predicted octanol–water partition coefficient (Wildman–Crippen LogP) is 1.93. The second-order valence-electron chi connectivity index (χ2n) is 5.29. The highest BCUT2D eigenvalue weighted by Crippen LogP contribution is 2.28. The molecule has 0 aliphatic carbocycles. The van der Waals surface area contributed by atoms with Crippen LogP contribution in [-0.2, 0) is 4.79 Å². The van der Waals surface area contributed by atoms with Crippen molar-refractivity contribution in [1.82, 2.24) is 5.32 Å². The summed E-state index contributed by atoms with van der Waals surface area (Å²) >= 11 is 0. The van der Waals surface area contributed by atoms with Crippen molar-refractivity contribution >= 4 is 17.3 Å². The first-order chi connectivity index (χ1) is 9.23. The average Bonchev–Trinajstić information content (AvgIpc) is 2.34. The number of nitro benzene ring substituents is 1. The predicted molar refractivity (Wildman–Crippen MR) is 76.0 cm³/mol. The molecule has 0 aromatic heterocycles. The highest BCUT2D eigenvalue weighted by molar-refractivity contribution is 5.82. The molecule has 0 saturated heterocycles. The second-order valence-corrected chi connectivity index (χ2v) is 5.29. The quantitative estimate of drug-likeness (QED) is 0.635. The number of nitrogens with one attached hydrogen (secondary N) is 2. The molecule has 1 amide bonds. The zero-order valence-corrected chi connectivity index (χ0v) is 12.0. The van der Waals surface area contributed by atoms with Crippen LogP contribution >= 0.6 is 0 Å². The number of carbonyl (C=O) groups excluding carboxylic acids is 1. The van der Waals surface area contributed by atoms with Crippen LogP contribution in [-0.4, -0.2) is 30.0 Å². The van der Waals surface area contributed by atoms with E-state index in [-0.39, 0.29) is 29.4 Å². The van der Waals surface area contributed by atoms with Crippen LogP contribution in [0.25, 0.3) is 0 Å². The summed E-state index contributed by atoms with van der Waals surface area (Å²) in [7, 11) is 1.43. The molecule has 1 rings (SSSR count). The van der Waals surface area contributed by atoms with Gasteiger partial charge in [-0.1, -0.05) is 0 Å². The summed E-state index contributed by atoms with van der Waals surface area (Å²) in [5.41, 5.74) is -0.197. The van der Waals surface area contributed by atoms with Crippen LogP contribution in [0.3, 0.4) is 0 Å². The third kappa shape index (κ3) is 4.75. The van der Waals surface area contributed by atoms with Crippen molar-refractivity contribution in [2.24, 2.45) is 0 Å². The molecule has 0 heterocycles. The van der Waals surface area contributed by atoms with Crippen LogP contribution in [0.5, 0.6) is 5.75 Å². The molecule has 20 heavy (non-hydrogen) atoms. The van der Waals surface area contributed by atoms with Crippen molar-refractivity contribution in [3.63, 3.8) is 0 Å². The number of carbonyl (C=O) groups is 1. The van der Waals surface area contributed by atoms with Gasteiger partial charge < -0.3 is 15.4 Å². The summed E-state index contributed by atoms with van der Waals surface area (Å²) in [5.74, 6) is 0.156. The number of benzene rings is 1. The fourth-order valence-corrected chi connectivity index (χ4v) is 1.58. The van der Waals surface area contributed by atoms with Gasteiger partial charge in [-0.3, -0.25) is 14.9 Å². The number of hydrogen-bond donors (Lipinski definition) is 2. The van der Waals surface area contributed by atoms with Crippen molar-refractivity contribution in [2.45, 2.75) is 26.3 Å². The van der Waals surface area contributed by atoms with Crippen molar-refractivity contribution in [3.05, 3.63) is 28.3 Å². The lowest BCUT2D eigenvalue weighted by atomic mass is 10.1. The van der Waals surface area contributed by atoms with Crippen molar-refractivity contribution in [2.75, 3.05) is 19.0 Å². The van der Waals surface area contributed by atoms with E-state index in [1.807, 2.05) is 20.8 Å². The van der Waals surface area contributed by atoms with E-state index in [1.54, 1.807) is 6.07 Å². The Kier molecular flexibility index (Phi) is 4.90. The third-order valence-electron chi connectivity index (χ3n) is 2.36. The lowest BCUT2D eigenvalue weighted by Gasteiger charge is -2.20. The number of anilines is 1. The highest BCUT2D eigenvalue weighted by atomic mass is 16.6. The topological polar surface area (TPSA) is 93.5 Å². The van der Waals surface area contributed by atoms with Crippen molar-refractivity contribution in [1.29, 1.82) is 0 Å². The lowest BCUT2D eigenvalue weighted by Crippen LogP contribution is -2.43. The smallest absolute Gasteiger partial charge is 0.296 e. The number of ether oxygens (including phenoxy) is 1. The van der Waals surface area contributed by atoms with Crippen LogP contribution in [0.15, 0.2) is 18.2 Å². The van der Waals surface area contributed by atoms with Gasteiger partial charge in [-0.2, -0.15) is 0 Å². The fraction of sp³-hybridized carbons (Fsp3) is 0.462. The summed E-state index contributed by atoms with van der Waals surface area (Å²) in [4.78, 5) is 22.1. The molecular weight excluding hydrogens is 262 g/mol. The zero-order valence-electron chi connectivity index (χ0n) is 12.0. The number of methoxy groups -OCH3 is 1. The maximum absolute atomic E-state index is 11.7. The van der Waals surface area contributed by atoms with E-state index < -0.39 is 4.92 Å². The second kappa shape index (κ2) is 6.23. The summed E-state index contributed by atoms with van der Waals surface area (Å²) in [6.07, 6.45) is 0. The Morgan fingerprint density at radius 2 is 2.05 bits per heavy atom. The van der Waals surface area contributed by atoms with Gasteiger partial charge >= 0.3 is 0 Å². The SMILES string of the molecule is COc1ccc(NCC(=O)NC(C)(C)C)c([N+](=O)[O-])c1. The standard InChI is InChI=1S/C13H19N3O4/c1-13(2,3)15-12(17)8-14-10-6-5-9(20-4)7-11(10)16(18)19/h5-7,14H,8H2,1-4H3,(H,15,17). The molecule has 1 aromatic carbocycles. The lowest BCUT2D eigenvalue weighted by molar-refractivity contribution is -0.384. The zero-order chi connectivity index (χ0) is 15.3. The van der Waals surface area contributed by atoms with E-state index in [0.717, 1.165) is 0 Å². The van der Waals surface area contributed by atoms with E-state index in [2.05, 4.69) is 10.6 Å². The molecule has 0 fully saturated rings. The van der Waals surface area contributed by atoms with Gasteiger partial charge in [0.1, 0.15) is 11.4 Å². The first-order valence-electron chi connectivity index (χ1n) is 6.10. The summed E-state index contributed by atoms with van der Waals surface area (Å²) in [6, 6.07) is 4.42. The first-order valence-corrected chi connectivity index (χ1v) is 6.10. The van der Waals surface area contributed by atoms with E-state index in [4.69, 9.17) is 4.74 Å². The molecule has 7 heteroatoms. The summed E-state index contributed by atoms with van der Waals surface area (Å²) in [6.45, 7) is 5.55.